The molecule has 2 heterocycles. The summed E-state index contributed by atoms with van der Waals surface area (Å²) >= 11 is 12.5. The number of benzene rings is 1. The Kier molecular flexibility index (Phi) is 4.00. The molecule has 5 nitrogen and oxygen atoms in total. The number of hydrogen-bond donors (Lipinski definition) is 2. The molecule has 0 aliphatic rings. The van der Waals surface area contributed by atoms with Crippen molar-refractivity contribution in [2.24, 2.45) is 0 Å². The van der Waals surface area contributed by atoms with Crippen LogP contribution < -0.4 is 11.1 Å². The zero-order valence-corrected chi connectivity index (χ0v) is 13.3. The number of fused-ring (bicyclic) bond motifs is 1. The van der Waals surface area contributed by atoms with E-state index in [1.807, 2.05) is 19.1 Å². The van der Waals surface area contributed by atoms with Crippen molar-refractivity contribution in [2.75, 3.05) is 17.6 Å². The smallest absolute Gasteiger partial charge is 0.224 e. The fourth-order valence-corrected chi connectivity index (χ4v) is 2.80. The van der Waals surface area contributed by atoms with Gasteiger partial charge in [0.15, 0.2) is 5.65 Å². The normalized spacial score (nSPS) is 10.9. The molecule has 3 aromatic rings. The first-order valence-electron chi connectivity index (χ1n) is 6.72. The van der Waals surface area contributed by atoms with Crippen LogP contribution in [0.15, 0.2) is 30.3 Å². The van der Waals surface area contributed by atoms with Gasteiger partial charge in [0.1, 0.15) is 5.82 Å². The van der Waals surface area contributed by atoms with E-state index < -0.39 is 0 Å². The SMILES string of the molecule is CCNc1nc(N)nc2nc(-c3c(Cl)cccc3Cl)ccc12. The number of hydrogen-bond acceptors (Lipinski definition) is 5. The van der Waals surface area contributed by atoms with Gasteiger partial charge in [0.05, 0.1) is 21.1 Å². The van der Waals surface area contributed by atoms with Crippen LogP contribution in [0.2, 0.25) is 10.0 Å². The lowest BCUT2D eigenvalue weighted by molar-refractivity contribution is 1.14. The molecule has 0 aliphatic carbocycles. The molecule has 112 valence electrons. The third-order valence-corrected chi connectivity index (χ3v) is 3.77. The maximum atomic E-state index is 6.23. The minimum Gasteiger partial charge on any atom is -0.370 e. The number of halogens is 2. The van der Waals surface area contributed by atoms with E-state index in [0.717, 1.165) is 11.9 Å². The van der Waals surface area contributed by atoms with Crippen LogP contribution in [0.3, 0.4) is 0 Å². The first-order chi connectivity index (χ1) is 10.6. The van der Waals surface area contributed by atoms with Crippen LogP contribution in [0.1, 0.15) is 6.92 Å². The van der Waals surface area contributed by atoms with E-state index in [-0.39, 0.29) is 5.95 Å². The van der Waals surface area contributed by atoms with E-state index >= 15 is 0 Å². The highest BCUT2D eigenvalue weighted by Crippen LogP contribution is 2.34. The number of anilines is 2. The van der Waals surface area contributed by atoms with E-state index in [0.29, 0.717) is 32.8 Å². The van der Waals surface area contributed by atoms with Crippen molar-refractivity contribution in [3.05, 3.63) is 40.4 Å². The lowest BCUT2D eigenvalue weighted by atomic mass is 10.1. The molecule has 0 fully saturated rings. The highest BCUT2D eigenvalue weighted by Gasteiger charge is 2.13. The van der Waals surface area contributed by atoms with Crippen LogP contribution in [0, 0.1) is 0 Å². The fraction of sp³-hybridized carbons (Fsp3) is 0.133. The molecule has 3 rings (SSSR count). The average molecular weight is 334 g/mol. The molecule has 0 atom stereocenters. The summed E-state index contributed by atoms with van der Waals surface area (Å²) in [6.07, 6.45) is 0. The van der Waals surface area contributed by atoms with Gasteiger partial charge in [-0.15, -0.1) is 0 Å². The van der Waals surface area contributed by atoms with Gasteiger partial charge in [-0.05, 0) is 31.2 Å². The Balaban J connectivity index is 2.22. The first kappa shape index (κ1) is 14.8. The molecule has 1 aromatic carbocycles. The summed E-state index contributed by atoms with van der Waals surface area (Å²) in [5, 5.41) is 5.02. The van der Waals surface area contributed by atoms with Gasteiger partial charge in [-0.25, -0.2) is 4.98 Å². The van der Waals surface area contributed by atoms with Gasteiger partial charge in [-0.3, -0.25) is 0 Å². The third-order valence-electron chi connectivity index (χ3n) is 3.14. The predicted octanol–water partition coefficient (Wildman–Crippen LogP) is 4.01. The Labute approximate surface area is 137 Å². The van der Waals surface area contributed by atoms with E-state index in [1.165, 1.54) is 0 Å². The summed E-state index contributed by atoms with van der Waals surface area (Å²) in [5.41, 5.74) is 7.56. The Morgan fingerprint density at radius 2 is 1.77 bits per heavy atom. The van der Waals surface area contributed by atoms with Crippen LogP contribution in [-0.2, 0) is 0 Å². The molecule has 0 amide bonds. The maximum absolute atomic E-state index is 6.23. The number of nitrogen functional groups attached to an aromatic ring is 1. The van der Waals surface area contributed by atoms with E-state index in [1.54, 1.807) is 18.2 Å². The van der Waals surface area contributed by atoms with Crippen molar-refractivity contribution in [1.82, 2.24) is 15.0 Å². The number of aromatic nitrogens is 3. The summed E-state index contributed by atoms with van der Waals surface area (Å²) in [7, 11) is 0. The van der Waals surface area contributed by atoms with Crippen LogP contribution in [-0.4, -0.2) is 21.5 Å². The molecule has 7 heteroatoms. The highest BCUT2D eigenvalue weighted by molar-refractivity contribution is 6.39. The van der Waals surface area contributed by atoms with E-state index in [2.05, 4.69) is 20.3 Å². The largest absolute Gasteiger partial charge is 0.370 e. The summed E-state index contributed by atoms with van der Waals surface area (Å²) in [4.78, 5) is 12.9. The Hall–Kier alpha value is -2.11. The molecular formula is C15H13Cl2N5. The van der Waals surface area contributed by atoms with Gasteiger partial charge in [0.2, 0.25) is 5.95 Å². The Morgan fingerprint density at radius 3 is 2.45 bits per heavy atom. The van der Waals surface area contributed by atoms with E-state index in [4.69, 9.17) is 28.9 Å². The third kappa shape index (κ3) is 2.65. The van der Waals surface area contributed by atoms with Crippen LogP contribution in [0.25, 0.3) is 22.3 Å². The molecule has 0 unspecified atom stereocenters. The van der Waals surface area contributed by atoms with Gasteiger partial charge >= 0.3 is 0 Å². The Morgan fingerprint density at radius 1 is 1.05 bits per heavy atom. The second kappa shape index (κ2) is 5.94. The van der Waals surface area contributed by atoms with Crippen molar-refractivity contribution in [3.63, 3.8) is 0 Å². The van der Waals surface area contributed by atoms with Crippen molar-refractivity contribution in [2.45, 2.75) is 6.92 Å². The topological polar surface area (TPSA) is 76.7 Å². The summed E-state index contributed by atoms with van der Waals surface area (Å²) in [6, 6.07) is 9.06. The minimum atomic E-state index is 0.165. The molecule has 22 heavy (non-hydrogen) atoms. The lowest BCUT2D eigenvalue weighted by Gasteiger charge is -2.10. The zero-order valence-electron chi connectivity index (χ0n) is 11.8. The number of pyridine rings is 1. The zero-order chi connectivity index (χ0) is 15.7. The van der Waals surface area contributed by atoms with Crippen molar-refractivity contribution < 1.29 is 0 Å². The molecule has 0 aliphatic heterocycles. The summed E-state index contributed by atoms with van der Waals surface area (Å²) in [5.74, 6) is 0.827. The fourth-order valence-electron chi connectivity index (χ4n) is 2.21. The monoisotopic (exact) mass is 333 g/mol. The van der Waals surface area contributed by atoms with Crippen LogP contribution in [0.5, 0.6) is 0 Å². The molecule has 0 bridgehead atoms. The quantitative estimate of drug-likeness (QED) is 0.757. The van der Waals surface area contributed by atoms with E-state index in [9.17, 15) is 0 Å². The second-order valence-electron chi connectivity index (χ2n) is 4.63. The number of nitrogens with one attached hydrogen (secondary N) is 1. The van der Waals surface area contributed by atoms with Gasteiger partial charge in [-0.1, -0.05) is 29.3 Å². The minimum absolute atomic E-state index is 0.165. The van der Waals surface area contributed by atoms with Crippen LogP contribution in [0.4, 0.5) is 11.8 Å². The predicted molar refractivity (Wildman–Crippen MR) is 91.4 cm³/mol. The molecule has 2 aromatic heterocycles. The molecule has 3 N–H and O–H groups in total. The maximum Gasteiger partial charge on any atom is 0.224 e. The second-order valence-corrected chi connectivity index (χ2v) is 5.44. The molecular weight excluding hydrogens is 321 g/mol. The lowest BCUT2D eigenvalue weighted by Crippen LogP contribution is -2.05. The summed E-state index contributed by atoms with van der Waals surface area (Å²) < 4.78 is 0. The van der Waals surface area contributed by atoms with Gasteiger partial charge in [-0.2, -0.15) is 9.97 Å². The Bertz CT molecular complexity index is 830. The highest BCUT2D eigenvalue weighted by atomic mass is 35.5. The molecule has 0 saturated carbocycles. The molecule has 0 spiro atoms. The van der Waals surface area contributed by atoms with Crippen molar-refractivity contribution in [1.29, 1.82) is 0 Å². The van der Waals surface area contributed by atoms with Gasteiger partial charge < -0.3 is 11.1 Å². The number of nitrogens with zero attached hydrogens (tertiary/aromatic N) is 3. The van der Waals surface area contributed by atoms with Gasteiger partial charge in [0.25, 0.3) is 0 Å². The average Bonchev–Trinajstić information content (AvgIpc) is 2.47. The van der Waals surface area contributed by atoms with Gasteiger partial charge in [0, 0.05) is 12.1 Å². The molecule has 0 radical (unpaired) electrons. The molecule has 0 saturated heterocycles. The number of rotatable bonds is 3. The first-order valence-corrected chi connectivity index (χ1v) is 7.48. The van der Waals surface area contributed by atoms with Crippen molar-refractivity contribution in [3.8, 4) is 11.3 Å². The summed E-state index contributed by atoms with van der Waals surface area (Å²) in [6.45, 7) is 2.71. The van der Waals surface area contributed by atoms with Crippen molar-refractivity contribution >= 4 is 46.0 Å². The standard InChI is InChI=1S/C15H13Cl2N5/c1-2-19-13-8-6-7-11(20-14(8)22-15(18)21-13)12-9(16)4-3-5-10(12)17/h3-7H,2H2,1H3,(H3,18,19,20,21,22). The number of nitrogens with two attached hydrogens (primary N) is 1. The van der Waals surface area contributed by atoms with Crippen LogP contribution >= 0.6 is 23.2 Å².